The van der Waals surface area contributed by atoms with Crippen LogP contribution in [0.15, 0.2) is 42.5 Å². The Morgan fingerprint density at radius 1 is 1.08 bits per heavy atom. The highest BCUT2D eigenvalue weighted by Crippen LogP contribution is 2.21. The minimum absolute atomic E-state index is 0.134. The molecule has 0 bridgehead atoms. The van der Waals surface area contributed by atoms with Gasteiger partial charge in [-0.2, -0.15) is 0 Å². The van der Waals surface area contributed by atoms with Crippen molar-refractivity contribution in [1.29, 1.82) is 0 Å². The number of hydrogen-bond donors (Lipinski definition) is 1. The van der Waals surface area contributed by atoms with Crippen LogP contribution < -0.4 is 10.1 Å². The lowest BCUT2D eigenvalue weighted by molar-refractivity contribution is 0.0950. The van der Waals surface area contributed by atoms with Crippen LogP contribution >= 0.6 is 11.6 Å². The average molecular weight is 348 g/mol. The van der Waals surface area contributed by atoms with Gasteiger partial charge in [-0.3, -0.25) is 4.79 Å². The van der Waals surface area contributed by atoms with E-state index in [0.29, 0.717) is 37.0 Å². The van der Waals surface area contributed by atoms with E-state index in [1.807, 2.05) is 38.1 Å². The standard InChI is InChI=1S/C19H22ClNO3/c1-3-23-13-16-11-15(7-10-18(16)24-4-2)19(22)21-12-14-5-8-17(20)9-6-14/h5-11H,3-4,12-13H2,1-2H3,(H,21,22). The van der Waals surface area contributed by atoms with Crippen molar-refractivity contribution in [2.24, 2.45) is 0 Å². The number of amides is 1. The molecular formula is C19H22ClNO3. The molecule has 0 aliphatic heterocycles. The first-order valence-electron chi connectivity index (χ1n) is 8.00. The van der Waals surface area contributed by atoms with E-state index in [9.17, 15) is 4.79 Å². The van der Waals surface area contributed by atoms with Gasteiger partial charge in [0, 0.05) is 29.3 Å². The second-order valence-electron chi connectivity index (χ2n) is 5.20. The molecule has 0 fully saturated rings. The van der Waals surface area contributed by atoms with Crippen LogP contribution in [0.5, 0.6) is 5.75 Å². The van der Waals surface area contributed by atoms with Gasteiger partial charge in [0.25, 0.3) is 5.91 Å². The maximum atomic E-state index is 12.4. The molecule has 1 N–H and O–H groups in total. The van der Waals surface area contributed by atoms with E-state index in [-0.39, 0.29) is 5.91 Å². The van der Waals surface area contributed by atoms with Gasteiger partial charge >= 0.3 is 0 Å². The largest absolute Gasteiger partial charge is 0.494 e. The summed E-state index contributed by atoms with van der Waals surface area (Å²) in [7, 11) is 0. The number of ether oxygens (including phenoxy) is 2. The molecule has 0 saturated heterocycles. The molecule has 2 aromatic rings. The molecule has 1 amide bonds. The zero-order valence-electron chi connectivity index (χ0n) is 14.0. The normalized spacial score (nSPS) is 10.5. The zero-order chi connectivity index (χ0) is 17.4. The molecule has 24 heavy (non-hydrogen) atoms. The molecular weight excluding hydrogens is 326 g/mol. The van der Waals surface area contributed by atoms with Crippen molar-refractivity contribution in [2.75, 3.05) is 13.2 Å². The van der Waals surface area contributed by atoms with Gasteiger partial charge in [0.2, 0.25) is 0 Å². The summed E-state index contributed by atoms with van der Waals surface area (Å²) >= 11 is 5.86. The van der Waals surface area contributed by atoms with E-state index in [1.165, 1.54) is 0 Å². The molecule has 2 rings (SSSR count). The lowest BCUT2D eigenvalue weighted by Gasteiger charge is -2.12. The first-order valence-corrected chi connectivity index (χ1v) is 8.38. The molecule has 0 aliphatic carbocycles. The van der Waals surface area contributed by atoms with Crippen LogP contribution in [-0.4, -0.2) is 19.1 Å². The number of hydrogen-bond acceptors (Lipinski definition) is 3. The Morgan fingerprint density at radius 2 is 1.83 bits per heavy atom. The second kappa shape index (κ2) is 9.30. The van der Waals surface area contributed by atoms with Gasteiger partial charge in [-0.25, -0.2) is 0 Å². The number of carbonyl (C=O) groups is 1. The maximum Gasteiger partial charge on any atom is 0.251 e. The quantitative estimate of drug-likeness (QED) is 0.778. The zero-order valence-corrected chi connectivity index (χ0v) is 14.7. The predicted molar refractivity (Wildman–Crippen MR) is 95.6 cm³/mol. The highest BCUT2D eigenvalue weighted by Gasteiger charge is 2.11. The van der Waals surface area contributed by atoms with Gasteiger partial charge in [0.15, 0.2) is 0 Å². The van der Waals surface area contributed by atoms with Crippen molar-refractivity contribution in [2.45, 2.75) is 27.0 Å². The van der Waals surface area contributed by atoms with Gasteiger partial charge in [-0.05, 0) is 49.7 Å². The Bertz CT molecular complexity index is 671. The number of nitrogens with one attached hydrogen (secondary N) is 1. The monoisotopic (exact) mass is 347 g/mol. The topological polar surface area (TPSA) is 47.6 Å². The summed E-state index contributed by atoms with van der Waals surface area (Å²) in [6.45, 7) is 5.91. The van der Waals surface area contributed by atoms with Gasteiger partial charge in [-0.1, -0.05) is 23.7 Å². The number of benzene rings is 2. The second-order valence-corrected chi connectivity index (χ2v) is 5.64. The summed E-state index contributed by atoms with van der Waals surface area (Å²) in [4.78, 5) is 12.4. The molecule has 0 spiro atoms. The van der Waals surface area contributed by atoms with Crippen molar-refractivity contribution >= 4 is 17.5 Å². The van der Waals surface area contributed by atoms with E-state index in [4.69, 9.17) is 21.1 Å². The van der Waals surface area contributed by atoms with E-state index in [2.05, 4.69) is 5.32 Å². The van der Waals surface area contributed by atoms with Crippen LogP contribution in [0.2, 0.25) is 5.02 Å². The third kappa shape index (κ3) is 5.25. The van der Waals surface area contributed by atoms with Gasteiger partial charge in [0.1, 0.15) is 5.75 Å². The lowest BCUT2D eigenvalue weighted by Crippen LogP contribution is -2.23. The van der Waals surface area contributed by atoms with Crippen molar-refractivity contribution < 1.29 is 14.3 Å². The smallest absolute Gasteiger partial charge is 0.251 e. The molecule has 0 aliphatic rings. The van der Waals surface area contributed by atoms with Gasteiger partial charge in [-0.15, -0.1) is 0 Å². The van der Waals surface area contributed by atoms with Crippen molar-refractivity contribution in [3.63, 3.8) is 0 Å². The third-order valence-corrected chi connectivity index (χ3v) is 3.70. The van der Waals surface area contributed by atoms with E-state index < -0.39 is 0 Å². The Balaban J connectivity index is 2.06. The molecule has 0 unspecified atom stereocenters. The molecule has 0 atom stereocenters. The van der Waals surface area contributed by atoms with Crippen molar-refractivity contribution in [1.82, 2.24) is 5.32 Å². The van der Waals surface area contributed by atoms with Crippen LogP contribution in [0, 0.1) is 0 Å². The van der Waals surface area contributed by atoms with Gasteiger partial charge < -0.3 is 14.8 Å². The van der Waals surface area contributed by atoms with Crippen LogP contribution in [0.25, 0.3) is 0 Å². The Hall–Kier alpha value is -2.04. The van der Waals surface area contributed by atoms with E-state index >= 15 is 0 Å². The summed E-state index contributed by atoms with van der Waals surface area (Å²) < 4.78 is 11.0. The Morgan fingerprint density at radius 3 is 2.50 bits per heavy atom. The molecule has 2 aromatic carbocycles. The molecule has 128 valence electrons. The van der Waals surface area contributed by atoms with Crippen LogP contribution in [-0.2, 0) is 17.9 Å². The molecule has 0 radical (unpaired) electrons. The molecule has 0 saturated carbocycles. The summed E-state index contributed by atoms with van der Waals surface area (Å²) in [6, 6.07) is 12.8. The first kappa shape index (κ1) is 18.3. The fourth-order valence-electron chi connectivity index (χ4n) is 2.23. The summed E-state index contributed by atoms with van der Waals surface area (Å²) in [5.74, 6) is 0.617. The summed E-state index contributed by atoms with van der Waals surface area (Å²) in [6.07, 6.45) is 0. The fraction of sp³-hybridized carbons (Fsp3) is 0.316. The highest BCUT2D eigenvalue weighted by molar-refractivity contribution is 6.30. The average Bonchev–Trinajstić information content (AvgIpc) is 2.60. The predicted octanol–water partition coefficient (Wildman–Crippen LogP) is 4.21. The first-order chi connectivity index (χ1) is 11.6. The molecule has 4 nitrogen and oxygen atoms in total. The summed E-state index contributed by atoms with van der Waals surface area (Å²) in [5, 5.41) is 3.58. The highest BCUT2D eigenvalue weighted by atomic mass is 35.5. The van der Waals surface area contributed by atoms with Gasteiger partial charge in [0.05, 0.1) is 13.2 Å². The molecule has 0 heterocycles. The minimum atomic E-state index is -0.134. The van der Waals surface area contributed by atoms with E-state index in [0.717, 1.165) is 16.9 Å². The molecule has 0 aromatic heterocycles. The fourth-order valence-corrected chi connectivity index (χ4v) is 2.35. The number of carbonyl (C=O) groups excluding carboxylic acids is 1. The van der Waals surface area contributed by atoms with E-state index in [1.54, 1.807) is 18.2 Å². The van der Waals surface area contributed by atoms with Crippen LogP contribution in [0.4, 0.5) is 0 Å². The van der Waals surface area contributed by atoms with Crippen LogP contribution in [0.3, 0.4) is 0 Å². The van der Waals surface area contributed by atoms with Crippen molar-refractivity contribution in [3.05, 3.63) is 64.2 Å². The third-order valence-electron chi connectivity index (χ3n) is 3.45. The maximum absolute atomic E-state index is 12.4. The van der Waals surface area contributed by atoms with Crippen LogP contribution in [0.1, 0.15) is 35.3 Å². The Kier molecular flexibility index (Phi) is 7.09. The number of halogens is 1. The number of rotatable bonds is 8. The lowest BCUT2D eigenvalue weighted by atomic mass is 10.1. The SMILES string of the molecule is CCOCc1cc(C(=O)NCc2ccc(Cl)cc2)ccc1OCC. The molecule has 5 heteroatoms. The summed E-state index contributed by atoms with van der Waals surface area (Å²) in [5.41, 5.74) is 2.45. The van der Waals surface area contributed by atoms with Crippen molar-refractivity contribution in [3.8, 4) is 5.75 Å². The Labute approximate surface area is 147 Å². The minimum Gasteiger partial charge on any atom is -0.494 e.